The molecule has 0 unspecified atom stereocenters. The van der Waals surface area contributed by atoms with Gasteiger partial charge in [0, 0.05) is 43.7 Å². The highest BCUT2D eigenvalue weighted by molar-refractivity contribution is 6.30. The van der Waals surface area contributed by atoms with Crippen molar-refractivity contribution in [2.24, 2.45) is 0 Å². The molecule has 1 fully saturated rings. The number of rotatable bonds is 3. The van der Waals surface area contributed by atoms with E-state index in [4.69, 9.17) is 16.0 Å². The molecule has 0 bridgehead atoms. The molecule has 3 rings (SSSR count). The fourth-order valence-corrected chi connectivity index (χ4v) is 2.98. The molecule has 0 atom stereocenters. The summed E-state index contributed by atoms with van der Waals surface area (Å²) in [5, 5.41) is 0.678. The molecule has 0 N–H and O–H groups in total. The van der Waals surface area contributed by atoms with Crippen molar-refractivity contribution in [1.82, 2.24) is 14.8 Å². The molecule has 1 amide bonds. The maximum atomic E-state index is 11.5. The first-order valence-electron chi connectivity index (χ1n) is 7.80. The number of hydrogen-bond acceptors (Lipinski definition) is 4. The van der Waals surface area contributed by atoms with Crippen LogP contribution >= 0.6 is 11.6 Å². The van der Waals surface area contributed by atoms with Gasteiger partial charge in [0.25, 0.3) is 0 Å². The normalized spacial score (nSPS) is 16.3. The Kier molecular flexibility index (Phi) is 4.98. The Morgan fingerprint density at radius 3 is 2.96 bits per heavy atom. The molecule has 1 aromatic heterocycles. The summed E-state index contributed by atoms with van der Waals surface area (Å²) in [5.41, 5.74) is 0.926. The monoisotopic (exact) mass is 333 g/mol. The highest BCUT2D eigenvalue weighted by Gasteiger charge is 2.18. The minimum atomic E-state index is 0.145. The van der Waals surface area contributed by atoms with Crippen molar-refractivity contribution in [3.05, 3.63) is 41.4 Å². The van der Waals surface area contributed by atoms with Crippen molar-refractivity contribution >= 4 is 17.5 Å². The number of nitrogens with zero attached hydrogens (tertiary/aromatic N) is 3. The summed E-state index contributed by atoms with van der Waals surface area (Å²) in [5.74, 6) is 1.56. The molecule has 0 aliphatic carbocycles. The quantitative estimate of drug-likeness (QED) is 0.866. The third-order valence-electron chi connectivity index (χ3n) is 4.06. The lowest BCUT2D eigenvalue weighted by Crippen LogP contribution is -2.33. The number of hydrogen-bond donors (Lipinski definition) is 0. The molecule has 23 heavy (non-hydrogen) atoms. The lowest BCUT2D eigenvalue weighted by molar-refractivity contribution is -0.128. The van der Waals surface area contributed by atoms with E-state index in [9.17, 15) is 4.79 Å². The van der Waals surface area contributed by atoms with Crippen molar-refractivity contribution < 1.29 is 9.21 Å². The average molecular weight is 334 g/mol. The van der Waals surface area contributed by atoms with Crippen LogP contribution in [0.25, 0.3) is 11.3 Å². The highest BCUT2D eigenvalue weighted by Crippen LogP contribution is 2.24. The van der Waals surface area contributed by atoms with Crippen LogP contribution in [-0.2, 0) is 11.3 Å². The first-order chi connectivity index (χ1) is 11.1. The van der Waals surface area contributed by atoms with E-state index in [1.54, 1.807) is 13.1 Å². The molecule has 2 heterocycles. The van der Waals surface area contributed by atoms with Crippen molar-refractivity contribution in [3.63, 3.8) is 0 Å². The van der Waals surface area contributed by atoms with E-state index in [1.165, 1.54) is 0 Å². The second-order valence-corrected chi connectivity index (χ2v) is 6.20. The summed E-state index contributed by atoms with van der Waals surface area (Å²) >= 11 is 6.01. The van der Waals surface area contributed by atoms with E-state index >= 15 is 0 Å². The van der Waals surface area contributed by atoms with E-state index in [-0.39, 0.29) is 5.91 Å². The number of amides is 1. The zero-order valence-electron chi connectivity index (χ0n) is 13.2. The fraction of sp³-hybridized carbons (Fsp3) is 0.412. The third kappa shape index (κ3) is 4.12. The Bertz CT molecular complexity index is 686. The Hall–Kier alpha value is -1.85. The summed E-state index contributed by atoms with van der Waals surface area (Å²) in [4.78, 5) is 20.0. The summed E-state index contributed by atoms with van der Waals surface area (Å²) in [7, 11) is 0. The van der Waals surface area contributed by atoms with Gasteiger partial charge in [-0.1, -0.05) is 23.7 Å². The number of oxazole rings is 1. The average Bonchev–Trinajstić information content (AvgIpc) is 2.85. The van der Waals surface area contributed by atoms with Crippen molar-refractivity contribution in [2.45, 2.75) is 19.9 Å². The van der Waals surface area contributed by atoms with E-state index < -0.39 is 0 Å². The van der Waals surface area contributed by atoms with Gasteiger partial charge in [0.15, 0.2) is 5.76 Å². The molecule has 1 aliphatic rings. The maximum absolute atomic E-state index is 11.5. The second-order valence-electron chi connectivity index (χ2n) is 5.76. The van der Waals surface area contributed by atoms with Crippen LogP contribution in [0.1, 0.15) is 19.2 Å². The van der Waals surface area contributed by atoms with Crippen molar-refractivity contribution in [2.75, 3.05) is 26.2 Å². The first-order valence-corrected chi connectivity index (χ1v) is 8.18. The van der Waals surface area contributed by atoms with Gasteiger partial charge < -0.3 is 9.32 Å². The minimum Gasteiger partial charge on any atom is -0.439 e. The molecule has 1 aromatic carbocycles. The largest absolute Gasteiger partial charge is 0.439 e. The molecular formula is C17H20ClN3O2. The van der Waals surface area contributed by atoms with E-state index in [1.807, 2.05) is 29.2 Å². The van der Waals surface area contributed by atoms with Crippen LogP contribution in [0.2, 0.25) is 5.02 Å². The topological polar surface area (TPSA) is 49.6 Å². The number of benzene rings is 1. The lowest BCUT2D eigenvalue weighted by atomic mass is 10.2. The van der Waals surface area contributed by atoms with Gasteiger partial charge in [0.05, 0.1) is 12.7 Å². The van der Waals surface area contributed by atoms with Gasteiger partial charge in [-0.25, -0.2) is 4.98 Å². The van der Waals surface area contributed by atoms with Crippen LogP contribution in [0, 0.1) is 0 Å². The SMILES string of the molecule is CC(=O)N1CCCN(Cc2ncc(-c3cccc(Cl)c3)o2)CC1. The minimum absolute atomic E-state index is 0.145. The van der Waals surface area contributed by atoms with Gasteiger partial charge in [-0.05, 0) is 18.6 Å². The third-order valence-corrected chi connectivity index (χ3v) is 4.29. The Morgan fingerprint density at radius 1 is 1.30 bits per heavy atom. The van der Waals surface area contributed by atoms with Gasteiger partial charge >= 0.3 is 0 Å². The van der Waals surface area contributed by atoms with Crippen molar-refractivity contribution in [1.29, 1.82) is 0 Å². The van der Waals surface area contributed by atoms with Gasteiger partial charge in [0.2, 0.25) is 11.8 Å². The maximum Gasteiger partial charge on any atom is 0.219 e. The number of carbonyl (C=O) groups is 1. The molecular weight excluding hydrogens is 314 g/mol. The summed E-state index contributed by atoms with van der Waals surface area (Å²) in [6.45, 7) is 5.66. The van der Waals surface area contributed by atoms with Crippen LogP contribution in [0.15, 0.2) is 34.9 Å². The molecule has 1 aliphatic heterocycles. The van der Waals surface area contributed by atoms with Gasteiger partial charge in [0.1, 0.15) is 0 Å². The Balaban J connectivity index is 1.64. The summed E-state index contributed by atoms with van der Waals surface area (Å²) in [6, 6.07) is 7.54. The standard InChI is InChI=1S/C17H20ClN3O2/c1-13(22)21-7-3-6-20(8-9-21)12-17-19-11-16(23-17)14-4-2-5-15(18)10-14/h2,4-5,10-11H,3,6-9,12H2,1H3. The van der Waals surface area contributed by atoms with Gasteiger partial charge in [-0.3, -0.25) is 9.69 Å². The molecule has 0 saturated carbocycles. The summed E-state index contributed by atoms with van der Waals surface area (Å²) < 4.78 is 5.85. The van der Waals surface area contributed by atoms with E-state index in [0.29, 0.717) is 17.5 Å². The lowest BCUT2D eigenvalue weighted by Gasteiger charge is -2.19. The van der Waals surface area contributed by atoms with Crippen molar-refractivity contribution in [3.8, 4) is 11.3 Å². The zero-order chi connectivity index (χ0) is 16.2. The molecule has 5 nitrogen and oxygen atoms in total. The smallest absolute Gasteiger partial charge is 0.219 e. The molecule has 0 radical (unpaired) electrons. The first kappa shape index (κ1) is 16.0. The van der Waals surface area contributed by atoms with Gasteiger partial charge in [-0.2, -0.15) is 0 Å². The van der Waals surface area contributed by atoms with Gasteiger partial charge in [-0.15, -0.1) is 0 Å². The zero-order valence-corrected chi connectivity index (χ0v) is 13.9. The number of aromatic nitrogens is 1. The Morgan fingerprint density at radius 2 is 2.17 bits per heavy atom. The molecule has 1 saturated heterocycles. The molecule has 0 spiro atoms. The fourth-order valence-electron chi connectivity index (χ4n) is 2.79. The van der Waals surface area contributed by atoms with E-state index in [2.05, 4.69) is 9.88 Å². The van der Waals surface area contributed by atoms with Crippen LogP contribution in [-0.4, -0.2) is 46.9 Å². The van der Waals surface area contributed by atoms with Crippen LogP contribution in [0.3, 0.4) is 0 Å². The van der Waals surface area contributed by atoms with E-state index in [0.717, 1.165) is 43.9 Å². The predicted molar refractivity (Wildman–Crippen MR) is 89.1 cm³/mol. The Labute approximate surface area is 140 Å². The van der Waals surface area contributed by atoms with Crippen LogP contribution in [0.5, 0.6) is 0 Å². The highest BCUT2D eigenvalue weighted by atomic mass is 35.5. The van der Waals surface area contributed by atoms with Crippen LogP contribution < -0.4 is 0 Å². The number of carbonyl (C=O) groups excluding carboxylic acids is 1. The predicted octanol–water partition coefficient (Wildman–Crippen LogP) is 3.05. The second kappa shape index (κ2) is 7.15. The molecule has 6 heteroatoms. The number of halogens is 1. The summed E-state index contributed by atoms with van der Waals surface area (Å²) in [6.07, 6.45) is 2.71. The molecule has 122 valence electrons. The van der Waals surface area contributed by atoms with Crippen LogP contribution in [0.4, 0.5) is 0 Å². The molecule has 2 aromatic rings.